The second-order valence-electron chi connectivity index (χ2n) is 7.81. The summed E-state index contributed by atoms with van der Waals surface area (Å²) in [6.45, 7) is 5.55. The summed E-state index contributed by atoms with van der Waals surface area (Å²) in [6, 6.07) is 17.8. The third-order valence-electron chi connectivity index (χ3n) is 5.41. The van der Waals surface area contributed by atoms with E-state index in [9.17, 15) is 9.59 Å². The number of aromatic nitrogens is 3. The van der Waals surface area contributed by atoms with Gasteiger partial charge in [-0.1, -0.05) is 53.2 Å². The Morgan fingerprint density at radius 1 is 1.13 bits per heavy atom. The predicted molar refractivity (Wildman–Crippen MR) is 113 cm³/mol. The predicted octanol–water partition coefficient (Wildman–Crippen LogP) is 2.66. The second kappa shape index (κ2) is 8.49. The number of aryl methyl sites for hydroxylation is 1. The van der Waals surface area contributed by atoms with Crippen LogP contribution in [0.4, 0.5) is 0 Å². The summed E-state index contributed by atoms with van der Waals surface area (Å²) in [6.07, 6.45) is 0.446. The fourth-order valence-electron chi connectivity index (χ4n) is 3.85. The summed E-state index contributed by atoms with van der Waals surface area (Å²) >= 11 is 0. The smallest absolute Gasteiger partial charge is 0.273 e. The van der Waals surface area contributed by atoms with Crippen molar-refractivity contribution in [1.82, 2.24) is 25.2 Å². The number of para-hydroxylation sites is 1. The minimum atomic E-state index is -0.265. The summed E-state index contributed by atoms with van der Waals surface area (Å²) in [5.74, 6) is -0.0445. The zero-order chi connectivity index (χ0) is 21.1. The van der Waals surface area contributed by atoms with E-state index in [1.54, 1.807) is 4.68 Å². The lowest BCUT2D eigenvalue weighted by molar-refractivity contribution is -0.128. The van der Waals surface area contributed by atoms with Crippen LogP contribution in [0.5, 0.6) is 0 Å². The summed E-state index contributed by atoms with van der Waals surface area (Å²) in [5, 5.41) is 11.1. The number of nitrogens with one attached hydrogen (secondary N) is 1. The summed E-state index contributed by atoms with van der Waals surface area (Å²) in [5.41, 5.74) is 4.15. The Hall–Kier alpha value is -3.48. The normalized spacial score (nSPS) is 16.1. The van der Waals surface area contributed by atoms with Gasteiger partial charge in [0.05, 0.1) is 11.4 Å². The molecule has 0 bridgehead atoms. The Morgan fingerprint density at radius 3 is 2.70 bits per heavy atom. The molecule has 1 N–H and O–H groups in total. The van der Waals surface area contributed by atoms with Crippen LogP contribution in [0.15, 0.2) is 54.6 Å². The van der Waals surface area contributed by atoms with E-state index in [1.165, 1.54) is 5.56 Å². The number of benzene rings is 2. The van der Waals surface area contributed by atoms with Crippen LogP contribution in [-0.2, 0) is 11.3 Å². The number of likely N-dealkylation sites (tertiary alicyclic amines) is 1. The van der Waals surface area contributed by atoms with E-state index in [2.05, 4.69) is 21.7 Å². The number of hydrogen-bond donors (Lipinski definition) is 1. The van der Waals surface area contributed by atoms with Crippen molar-refractivity contribution in [3.05, 3.63) is 77.1 Å². The molecule has 2 amide bonds. The highest BCUT2D eigenvalue weighted by atomic mass is 16.2. The number of amides is 2. The van der Waals surface area contributed by atoms with Crippen molar-refractivity contribution >= 4 is 11.8 Å². The number of rotatable bonds is 6. The molecule has 30 heavy (non-hydrogen) atoms. The lowest BCUT2D eigenvalue weighted by Crippen LogP contribution is -2.31. The van der Waals surface area contributed by atoms with Gasteiger partial charge >= 0.3 is 0 Å². The Morgan fingerprint density at radius 2 is 1.93 bits per heavy atom. The topological polar surface area (TPSA) is 80.1 Å². The first-order valence-electron chi connectivity index (χ1n) is 10.1. The zero-order valence-corrected chi connectivity index (χ0v) is 17.2. The van der Waals surface area contributed by atoms with Crippen LogP contribution in [0.25, 0.3) is 5.69 Å². The Balaban J connectivity index is 1.35. The van der Waals surface area contributed by atoms with E-state index in [-0.39, 0.29) is 17.7 Å². The zero-order valence-electron chi connectivity index (χ0n) is 17.2. The highest BCUT2D eigenvalue weighted by Crippen LogP contribution is 2.20. The number of nitrogens with zero attached hydrogens (tertiary/aromatic N) is 4. The standard InChI is InChI=1S/C23H25N5O2/c1-16-7-6-8-18(11-16)14-27-15-19(12-21(27)29)13-24-23(30)22-17(2)28(26-25-22)20-9-4-3-5-10-20/h3-11,19H,12-15H2,1-2H3,(H,24,30). The Bertz CT molecular complexity index is 1060. The molecule has 1 atom stereocenters. The van der Waals surface area contributed by atoms with Crippen LogP contribution < -0.4 is 5.32 Å². The van der Waals surface area contributed by atoms with Gasteiger partial charge in [0.1, 0.15) is 0 Å². The first-order chi connectivity index (χ1) is 14.5. The van der Waals surface area contributed by atoms with Crippen molar-refractivity contribution in [2.45, 2.75) is 26.8 Å². The number of hydrogen-bond acceptors (Lipinski definition) is 4. The maximum Gasteiger partial charge on any atom is 0.273 e. The van der Waals surface area contributed by atoms with Crippen LogP contribution >= 0.6 is 0 Å². The average molecular weight is 403 g/mol. The van der Waals surface area contributed by atoms with Crippen LogP contribution in [-0.4, -0.2) is 44.8 Å². The molecule has 3 aromatic rings. The van der Waals surface area contributed by atoms with Gasteiger partial charge in [-0.05, 0) is 31.5 Å². The lowest BCUT2D eigenvalue weighted by atomic mass is 10.1. The molecule has 2 aromatic carbocycles. The first-order valence-corrected chi connectivity index (χ1v) is 10.1. The van der Waals surface area contributed by atoms with E-state index in [4.69, 9.17) is 0 Å². The molecule has 1 aromatic heterocycles. The number of carbonyl (C=O) groups is 2. The first kappa shape index (κ1) is 19.8. The van der Waals surface area contributed by atoms with E-state index >= 15 is 0 Å². The third kappa shape index (κ3) is 4.25. The Labute approximate surface area is 175 Å². The third-order valence-corrected chi connectivity index (χ3v) is 5.41. The fourth-order valence-corrected chi connectivity index (χ4v) is 3.85. The average Bonchev–Trinajstić information content (AvgIpc) is 3.29. The molecule has 4 rings (SSSR count). The molecule has 0 radical (unpaired) electrons. The van der Waals surface area contributed by atoms with Gasteiger partial charge in [-0.25, -0.2) is 4.68 Å². The van der Waals surface area contributed by atoms with Gasteiger partial charge in [0, 0.05) is 32.0 Å². The summed E-state index contributed by atoms with van der Waals surface area (Å²) < 4.78 is 1.65. The molecule has 7 nitrogen and oxygen atoms in total. The van der Waals surface area contributed by atoms with Crippen molar-refractivity contribution in [1.29, 1.82) is 0 Å². The Kier molecular flexibility index (Phi) is 5.61. The van der Waals surface area contributed by atoms with E-state index in [0.29, 0.717) is 37.4 Å². The maximum absolute atomic E-state index is 12.6. The molecule has 7 heteroatoms. The molecule has 1 aliphatic rings. The van der Waals surface area contributed by atoms with E-state index in [0.717, 1.165) is 11.3 Å². The molecule has 0 spiro atoms. The molecular weight excluding hydrogens is 378 g/mol. The monoisotopic (exact) mass is 403 g/mol. The highest BCUT2D eigenvalue weighted by Gasteiger charge is 2.30. The van der Waals surface area contributed by atoms with Crippen LogP contribution in [0, 0.1) is 19.8 Å². The van der Waals surface area contributed by atoms with Crippen molar-refractivity contribution < 1.29 is 9.59 Å². The van der Waals surface area contributed by atoms with Gasteiger partial charge in [0.15, 0.2) is 5.69 Å². The van der Waals surface area contributed by atoms with Crippen LogP contribution in [0.1, 0.15) is 33.7 Å². The maximum atomic E-state index is 12.6. The minimum Gasteiger partial charge on any atom is -0.350 e. The van der Waals surface area contributed by atoms with Gasteiger partial charge in [0.2, 0.25) is 5.91 Å². The molecule has 1 unspecified atom stereocenters. The minimum absolute atomic E-state index is 0.0933. The van der Waals surface area contributed by atoms with E-state index in [1.807, 2.05) is 67.3 Å². The molecule has 0 saturated carbocycles. The summed E-state index contributed by atoms with van der Waals surface area (Å²) in [7, 11) is 0. The van der Waals surface area contributed by atoms with Gasteiger partial charge in [-0.15, -0.1) is 5.10 Å². The van der Waals surface area contributed by atoms with Gasteiger partial charge in [0.25, 0.3) is 5.91 Å². The molecule has 154 valence electrons. The molecule has 0 aliphatic carbocycles. The molecule has 1 saturated heterocycles. The molecule has 1 fully saturated rings. The SMILES string of the molecule is Cc1cccc(CN2CC(CNC(=O)c3nnn(-c4ccccc4)c3C)CC2=O)c1. The second-order valence-corrected chi connectivity index (χ2v) is 7.81. The van der Waals surface area contributed by atoms with Crippen molar-refractivity contribution in [3.8, 4) is 5.69 Å². The van der Waals surface area contributed by atoms with Gasteiger partial charge in [-0.3, -0.25) is 9.59 Å². The molecular formula is C23H25N5O2. The quantitative estimate of drug-likeness (QED) is 0.686. The van der Waals surface area contributed by atoms with Crippen LogP contribution in [0.3, 0.4) is 0 Å². The van der Waals surface area contributed by atoms with Crippen LogP contribution in [0.2, 0.25) is 0 Å². The van der Waals surface area contributed by atoms with Crippen molar-refractivity contribution in [3.63, 3.8) is 0 Å². The van der Waals surface area contributed by atoms with Crippen molar-refractivity contribution in [2.24, 2.45) is 5.92 Å². The molecule has 1 aliphatic heterocycles. The fraction of sp³-hybridized carbons (Fsp3) is 0.304. The molecule has 2 heterocycles. The van der Waals surface area contributed by atoms with Gasteiger partial charge < -0.3 is 10.2 Å². The lowest BCUT2D eigenvalue weighted by Gasteiger charge is -2.17. The summed E-state index contributed by atoms with van der Waals surface area (Å²) in [4.78, 5) is 26.9. The largest absolute Gasteiger partial charge is 0.350 e. The van der Waals surface area contributed by atoms with E-state index < -0.39 is 0 Å². The van der Waals surface area contributed by atoms with Crippen molar-refractivity contribution in [2.75, 3.05) is 13.1 Å². The van der Waals surface area contributed by atoms with Gasteiger partial charge in [-0.2, -0.15) is 0 Å². The number of carbonyl (C=O) groups excluding carboxylic acids is 2. The highest BCUT2D eigenvalue weighted by molar-refractivity contribution is 5.93.